The van der Waals surface area contributed by atoms with E-state index in [0.29, 0.717) is 17.1 Å². The SMILES string of the molecule is Cc1n[nH]c(C)c1S(=O)(=O)Nc1ccc(N2CCC(C)CC2)nc1. The number of sulfonamides is 1. The van der Waals surface area contributed by atoms with E-state index in [0.717, 1.165) is 37.7 Å². The molecule has 8 heteroatoms. The van der Waals surface area contributed by atoms with Crippen LogP contribution in [0.5, 0.6) is 0 Å². The van der Waals surface area contributed by atoms with Gasteiger partial charge >= 0.3 is 0 Å². The molecule has 0 amide bonds. The van der Waals surface area contributed by atoms with Gasteiger partial charge in [-0.2, -0.15) is 5.10 Å². The summed E-state index contributed by atoms with van der Waals surface area (Å²) in [6.07, 6.45) is 3.89. The Hall–Kier alpha value is -2.09. The van der Waals surface area contributed by atoms with Gasteiger partial charge in [0.1, 0.15) is 10.7 Å². The molecule has 0 unspecified atom stereocenters. The van der Waals surface area contributed by atoms with E-state index in [1.54, 1.807) is 26.1 Å². The summed E-state index contributed by atoms with van der Waals surface area (Å²) < 4.78 is 27.6. The molecule has 0 radical (unpaired) electrons. The first-order valence-electron chi connectivity index (χ1n) is 8.12. The van der Waals surface area contributed by atoms with Crippen LogP contribution < -0.4 is 9.62 Å². The van der Waals surface area contributed by atoms with Gasteiger partial charge in [0, 0.05) is 13.1 Å². The van der Waals surface area contributed by atoms with Crippen LogP contribution in [0.3, 0.4) is 0 Å². The maximum atomic E-state index is 12.5. The molecule has 24 heavy (non-hydrogen) atoms. The first-order chi connectivity index (χ1) is 11.4. The van der Waals surface area contributed by atoms with Crippen molar-refractivity contribution < 1.29 is 8.42 Å². The Kier molecular flexibility index (Phi) is 4.49. The highest BCUT2D eigenvalue weighted by Crippen LogP contribution is 2.24. The zero-order chi connectivity index (χ0) is 17.3. The molecule has 1 aliphatic heterocycles. The van der Waals surface area contributed by atoms with Gasteiger partial charge in [-0.25, -0.2) is 13.4 Å². The number of aromatic nitrogens is 3. The van der Waals surface area contributed by atoms with E-state index in [4.69, 9.17) is 0 Å². The lowest BCUT2D eigenvalue weighted by Gasteiger charge is -2.31. The molecule has 0 aliphatic carbocycles. The second-order valence-electron chi connectivity index (χ2n) is 6.44. The number of pyridine rings is 1. The highest BCUT2D eigenvalue weighted by molar-refractivity contribution is 7.92. The van der Waals surface area contributed by atoms with Crippen molar-refractivity contribution in [1.82, 2.24) is 15.2 Å². The van der Waals surface area contributed by atoms with E-state index in [1.807, 2.05) is 6.07 Å². The number of piperidine rings is 1. The highest BCUT2D eigenvalue weighted by Gasteiger charge is 2.23. The predicted molar refractivity (Wildman–Crippen MR) is 93.7 cm³/mol. The number of H-pyrrole nitrogens is 1. The normalized spacial score (nSPS) is 16.4. The van der Waals surface area contributed by atoms with Crippen molar-refractivity contribution in [2.45, 2.75) is 38.5 Å². The zero-order valence-corrected chi connectivity index (χ0v) is 15.0. The van der Waals surface area contributed by atoms with E-state index in [9.17, 15) is 8.42 Å². The first-order valence-corrected chi connectivity index (χ1v) is 9.60. The molecule has 3 rings (SSSR count). The molecule has 2 N–H and O–H groups in total. The monoisotopic (exact) mass is 349 g/mol. The van der Waals surface area contributed by atoms with Crippen molar-refractivity contribution >= 4 is 21.5 Å². The lowest BCUT2D eigenvalue weighted by molar-refractivity contribution is 0.436. The standard InChI is InChI=1S/C16H23N5O2S/c1-11-6-8-21(9-7-11)15-5-4-14(10-17-15)20-24(22,23)16-12(2)18-19-13(16)3/h4-5,10-11,20H,6-9H2,1-3H3,(H,18,19). The minimum Gasteiger partial charge on any atom is -0.357 e. The van der Waals surface area contributed by atoms with Crippen LogP contribution in [0.2, 0.25) is 0 Å². The molecule has 2 aromatic heterocycles. The number of hydrogen-bond donors (Lipinski definition) is 2. The van der Waals surface area contributed by atoms with Crippen molar-refractivity contribution in [3.63, 3.8) is 0 Å². The molecule has 130 valence electrons. The first kappa shape index (κ1) is 16.8. The fraction of sp³-hybridized carbons (Fsp3) is 0.500. The Morgan fingerprint density at radius 1 is 1.25 bits per heavy atom. The average molecular weight is 349 g/mol. The van der Waals surface area contributed by atoms with Crippen molar-refractivity contribution in [2.75, 3.05) is 22.7 Å². The van der Waals surface area contributed by atoms with Gasteiger partial charge in [0.2, 0.25) is 0 Å². The van der Waals surface area contributed by atoms with Crippen LogP contribution in [0, 0.1) is 19.8 Å². The Labute approximate surface area is 142 Å². The second kappa shape index (κ2) is 6.43. The molecule has 2 aromatic rings. The van der Waals surface area contributed by atoms with E-state index >= 15 is 0 Å². The minimum absolute atomic E-state index is 0.191. The molecule has 0 bridgehead atoms. The van der Waals surface area contributed by atoms with Crippen LogP contribution in [-0.2, 0) is 10.0 Å². The number of aryl methyl sites for hydroxylation is 2. The number of nitrogens with one attached hydrogen (secondary N) is 2. The molecule has 0 saturated carbocycles. The molecule has 0 aromatic carbocycles. The van der Waals surface area contributed by atoms with Crippen molar-refractivity contribution in [2.24, 2.45) is 5.92 Å². The van der Waals surface area contributed by atoms with Gasteiger partial charge in [-0.05, 0) is 44.7 Å². The summed E-state index contributed by atoms with van der Waals surface area (Å²) >= 11 is 0. The Morgan fingerprint density at radius 2 is 1.96 bits per heavy atom. The van der Waals surface area contributed by atoms with Crippen molar-refractivity contribution in [3.05, 3.63) is 29.7 Å². The molecule has 7 nitrogen and oxygen atoms in total. The number of anilines is 2. The largest absolute Gasteiger partial charge is 0.357 e. The molecule has 1 saturated heterocycles. The van der Waals surface area contributed by atoms with E-state index < -0.39 is 10.0 Å². The van der Waals surface area contributed by atoms with Crippen LogP contribution >= 0.6 is 0 Å². The van der Waals surface area contributed by atoms with E-state index in [1.165, 1.54) is 0 Å². The van der Waals surface area contributed by atoms with Gasteiger partial charge < -0.3 is 4.90 Å². The average Bonchev–Trinajstić information content (AvgIpc) is 2.88. The van der Waals surface area contributed by atoms with Crippen LogP contribution in [0.4, 0.5) is 11.5 Å². The Balaban J connectivity index is 1.75. The minimum atomic E-state index is -3.67. The summed E-state index contributed by atoms with van der Waals surface area (Å²) in [6, 6.07) is 3.62. The third kappa shape index (κ3) is 3.38. The van der Waals surface area contributed by atoms with Gasteiger partial charge in [0.25, 0.3) is 10.0 Å². The zero-order valence-electron chi connectivity index (χ0n) is 14.2. The lowest BCUT2D eigenvalue weighted by Crippen LogP contribution is -2.33. The van der Waals surface area contributed by atoms with Crippen LogP contribution in [-0.4, -0.2) is 36.7 Å². The maximum absolute atomic E-state index is 12.5. The molecule has 0 spiro atoms. The van der Waals surface area contributed by atoms with Gasteiger partial charge in [0.05, 0.1) is 23.3 Å². The summed E-state index contributed by atoms with van der Waals surface area (Å²) in [5.41, 5.74) is 1.42. The van der Waals surface area contributed by atoms with Crippen molar-refractivity contribution in [1.29, 1.82) is 0 Å². The summed E-state index contributed by atoms with van der Waals surface area (Å²) in [4.78, 5) is 6.84. The van der Waals surface area contributed by atoms with Crippen LogP contribution in [0.15, 0.2) is 23.2 Å². The van der Waals surface area contributed by atoms with E-state index in [2.05, 4.69) is 31.7 Å². The smallest absolute Gasteiger partial charge is 0.265 e. The third-order valence-electron chi connectivity index (χ3n) is 4.44. The fourth-order valence-electron chi connectivity index (χ4n) is 3.01. The number of rotatable bonds is 4. The van der Waals surface area contributed by atoms with Gasteiger partial charge in [-0.3, -0.25) is 9.82 Å². The van der Waals surface area contributed by atoms with Crippen LogP contribution in [0.1, 0.15) is 31.2 Å². The number of hydrogen-bond acceptors (Lipinski definition) is 5. The van der Waals surface area contributed by atoms with Gasteiger partial charge in [0.15, 0.2) is 0 Å². The molecular weight excluding hydrogens is 326 g/mol. The predicted octanol–water partition coefficient (Wildman–Crippen LogP) is 2.46. The topological polar surface area (TPSA) is 91.0 Å². The fourth-order valence-corrected chi connectivity index (χ4v) is 4.43. The third-order valence-corrected chi connectivity index (χ3v) is 6.08. The molecule has 3 heterocycles. The van der Waals surface area contributed by atoms with Crippen LogP contribution in [0.25, 0.3) is 0 Å². The number of aromatic amines is 1. The van der Waals surface area contributed by atoms with Gasteiger partial charge in [-0.1, -0.05) is 6.92 Å². The van der Waals surface area contributed by atoms with Gasteiger partial charge in [-0.15, -0.1) is 0 Å². The maximum Gasteiger partial charge on any atom is 0.265 e. The Bertz CT molecular complexity index is 786. The number of nitrogens with zero attached hydrogens (tertiary/aromatic N) is 3. The summed E-state index contributed by atoms with van der Waals surface area (Å²) in [5.74, 6) is 1.65. The highest BCUT2D eigenvalue weighted by atomic mass is 32.2. The summed E-state index contributed by atoms with van der Waals surface area (Å²) in [5, 5.41) is 6.63. The molecular formula is C16H23N5O2S. The second-order valence-corrected chi connectivity index (χ2v) is 8.06. The van der Waals surface area contributed by atoms with Crippen molar-refractivity contribution in [3.8, 4) is 0 Å². The summed E-state index contributed by atoms with van der Waals surface area (Å²) in [7, 11) is -3.67. The molecule has 1 fully saturated rings. The summed E-state index contributed by atoms with van der Waals surface area (Å²) in [6.45, 7) is 7.60. The quantitative estimate of drug-likeness (QED) is 0.885. The molecule has 0 atom stereocenters. The van der Waals surface area contributed by atoms with E-state index in [-0.39, 0.29) is 4.90 Å². The lowest BCUT2D eigenvalue weighted by atomic mass is 9.99. The Morgan fingerprint density at radius 3 is 2.50 bits per heavy atom. The molecule has 1 aliphatic rings.